The summed E-state index contributed by atoms with van der Waals surface area (Å²) in [6.07, 6.45) is 1.55. The molecule has 1 aliphatic rings. The Kier molecular flexibility index (Phi) is 6.53. The van der Waals surface area contributed by atoms with E-state index in [1.54, 1.807) is 6.07 Å². The van der Waals surface area contributed by atoms with Gasteiger partial charge in [-0.3, -0.25) is 4.90 Å². The summed E-state index contributed by atoms with van der Waals surface area (Å²) in [5.74, 6) is 2.52. The van der Waals surface area contributed by atoms with Crippen molar-refractivity contribution in [2.45, 2.75) is 45.3 Å². The number of hydrogen-bond acceptors (Lipinski definition) is 2. The second kappa shape index (κ2) is 8.25. The molecule has 1 aliphatic heterocycles. The van der Waals surface area contributed by atoms with Crippen LogP contribution in [0.1, 0.15) is 48.4 Å². The fourth-order valence-electron chi connectivity index (χ4n) is 3.45. The number of hydrogen-bond donors (Lipinski definition) is 0. The lowest BCUT2D eigenvalue weighted by molar-refractivity contribution is -0.139. The summed E-state index contributed by atoms with van der Waals surface area (Å²) in [4.78, 5) is 4.30. The van der Waals surface area contributed by atoms with Crippen LogP contribution in [0, 0.1) is 12.3 Å². The minimum Gasteiger partial charge on any atom is -0.304 e. The van der Waals surface area contributed by atoms with Gasteiger partial charge in [0.15, 0.2) is 0 Å². The molecule has 5 heteroatoms. The first-order chi connectivity index (χ1) is 11.7. The Balaban J connectivity index is 2.43. The van der Waals surface area contributed by atoms with Crippen molar-refractivity contribution in [3.8, 4) is 12.3 Å². The number of piperazine rings is 1. The molecule has 1 saturated heterocycles. The van der Waals surface area contributed by atoms with Crippen molar-refractivity contribution in [2.75, 3.05) is 33.2 Å². The molecule has 0 spiro atoms. The number of alkyl halides is 3. The molecule has 138 valence electrons. The normalized spacial score (nSPS) is 17.0. The number of rotatable bonds is 5. The van der Waals surface area contributed by atoms with Gasteiger partial charge in [-0.2, -0.15) is 13.2 Å². The number of benzene rings is 1. The third-order valence-corrected chi connectivity index (χ3v) is 4.85. The Morgan fingerprint density at radius 3 is 2.32 bits per heavy atom. The third-order valence-electron chi connectivity index (χ3n) is 4.85. The van der Waals surface area contributed by atoms with Gasteiger partial charge in [0.2, 0.25) is 0 Å². The van der Waals surface area contributed by atoms with Crippen LogP contribution >= 0.6 is 0 Å². The van der Waals surface area contributed by atoms with Gasteiger partial charge in [-0.1, -0.05) is 26.0 Å². The highest BCUT2D eigenvalue weighted by Crippen LogP contribution is 2.39. The highest BCUT2D eigenvalue weighted by atomic mass is 19.4. The number of nitrogens with zero attached hydrogens (tertiary/aromatic N) is 2. The molecule has 0 radical (unpaired) electrons. The van der Waals surface area contributed by atoms with E-state index in [4.69, 9.17) is 6.42 Å². The quantitative estimate of drug-likeness (QED) is 0.735. The van der Waals surface area contributed by atoms with Crippen LogP contribution in [-0.2, 0) is 19.1 Å². The van der Waals surface area contributed by atoms with Crippen LogP contribution in [0.4, 0.5) is 13.2 Å². The maximum absolute atomic E-state index is 13.9. The topological polar surface area (TPSA) is 6.48 Å². The van der Waals surface area contributed by atoms with E-state index in [0.717, 1.165) is 31.7 Å². The average Bonchev–Trinajstić information content (AvgIpc) is 2.53. The molecule has 0 saturated carbocycles. The Bertz CT molecular complexity index is 621. The van der Waals surface area contributed by atoms with Crippen LogP contribution in [0.5, 0.6) is 0 Å². The standard InChI is InChI=1S/C20H27F3N2/c1-5-6-7-18-17(15(2)3)9-8-16(19(18)20(21,22)23)14-25-12-10-24(4)11-13-25/h1,8-9,15H,6-7,10-14H2,2-4H3. The van der Waals surface area contributed by atoms with Crippen molar-refractivity contribution in [3.05, 3.63) is 34.4 Å². The van der Waals surface area contributed by atoms with Gasteiger partial charge in [-0.05, 0) is 36.1 Å². The van der Waals surface area contributed by atoms with Gasteiger partial charge >= 0.3 is 6.18 Å². The maximum atomic E-state index is 13.9. The molecule has 0 atom stereocenters. The molecule has 0 aromatic heterocycles. The lowest BCUT2D eigenvalue weighted by atomic mass is 9.87. The molecule has 0 unspecified atom stereocenters. The van der Waals surface area contributed by atoms with Crippen molar-refractivity contribution in [3.63, 3.8) is 0 Å². The van der Waals surface area contributed by atoms with Gasteiger partial charge in [0.25, 0.3) is 0 Å². The lowest BCUT2D eigenvalue weighted by Crippen LogP contribution is -2.44. The predicted octanol–water partition coefficient (Wildman–Crippen LogP) is 4.14. The predicted molar refractivity (Wildman–Crippen MR) is 95.5 cm³/mol. The summed E-state index contributed by atoms with van der Waals surface area (Å²) < 4.78 is 41.8. The van der Waals surface area contributed by atoms with Crippen LogP contribution < -0.4 is 0 Å². The highest BCUT2D eigenvalue weighted by Gasteiger charge is 2.37. The van der Waals surface area contributed by atoms with E-state index >= 15 is 0 Å². The monoisotopic (exact) mass is 352 g/mol. The number of halogens is 3. The van der Waals surface area contributed by atoms with E-state index in [0.29, 0.717) is 24.1 Å². The Morgan fingerprint density at radius 1 is 1.16 bits per heavy atom. The molecule has 1 aromatic rings. The molecule has 1 aromatic carbocycles. The molecule has 2 rings (SSSR count). The van der Waals surface area contributed by atoms with Crippen molar-refractivity contribution in [2.24, 2.45) is 0 Å². The van der Waals surface area contributed by atoms with E-state index < -0.39 is 11.7 Å². The summed E-state index contributed by atoms with van der Waals surface area (Å²) in [6, 6.07) is 3.52. The van der Waals surface area contributed by atoms with Crippen LogP contribution in [0.3, 0.4) is 0 Å². The second-order valence-corrected chi connectivity index (χ2v) is 7.10. The molecule has 0 N–H and O–H groups in total. The van der Waals surface area contributed by atoms with Gasteiger partial charge < -0.3 is 4.90 Å². The number of terminal acetylenes is 1. The van der Waals surface area contributed by atoms with Crippen molar-refractivity contribution < 1.29 is 13.2 Å². The summed E-state index contributed by atoms with van der Waals surface area (Å²) in [6.45, 7) is 7.54. The minimum atomic E-state index is -4.36. The zero-order chi connectivity index (χ0) is 18.6. The highest BCUT2D eigenvalue weighted by molar-refractivity contribution is 5.45. The lowest BCUT2D eigenvalue weighted by Gasteiger charge is -2.33. The fourth-order valence-corrected chi connectivity index (χ4v) is 3.45. The van der Waals surface area contributed by atoms with Gasteiger partial charge in [-0.25, -0.2) is 0 Å². The van der Waals surface area contributed by atoms with E-state index in [2.05, 4.69) is 15.7 Å². The zero-order valence-electron chi connectivity index (χ0n) is 15.3. The summed E-state index contributed by atoms with van der Waals surface area (Å²) in [5.41, 5.74) is 1.04. The van der Waals surface area contributed by atoms with Crippen LogP contribution in [-0.4, -0.2) is 43.0 Å². The largest absolute Gasteiger partial charge is 0.416 e. The first-order valence-corrected chi connectivity index (χ1v) is 8.80. The summed E-state index contributed by atoms with van der Waals surface area (Å²) in [5, 5.41) is 0. The molecule has 1 heterocycles. The molecular formula is C20H27F3N2. The summed E-state index contributed by atoms with van der Waals surface area (Å²) in [7, 11) is 2.04. The van der Waals surface area contributed by atoms with Crippen LogP contribution in [0.15, 0.2) is 12.1 Å². The SMILES string of the molecule is C#CCCc1c(C(C)C)ccc(CN2CCN(C)CC2)c1C(F)(F)F. The smallest absolute Gasteiger partial charge is 0.304 e. The van der Waals surface area contributed by atoms with Gasteiger partial charge in [-0.15, -0.1) is 12.3 Å². The molecule has 25 heavy (non-hydrogen) atoms. The summed E-state index contributed by atoms with van der Waals surface area (Å²) >= 11 is 0. The first-order valence-electron chi connectivity index (χ1n) is 8.80. The number of likely N-dealkylation sites (N-methyl/N-ethyl adjacent to an activating group) is 1. The van der Waals surface area contributed by atoms with E-state index in [1.165, 1.54) is 0 Å². The molecule has 2 nitrogen and oxygen atoms in total. The maximum Gasteiger partial charge on any atom is 0.416 e. The van der Waals surface area contributed by atoms with E-state index in [9.17, 15) is 13.2 Å². The fraction of sp³-hybridized carbons (Fsp3) is 0.600. The van der Waals surface area contributed by atoms with E-state index in [-0.39, 0.29) is 12.3 Å². The molecule has 0 amide bonds. The first kappa shape index (κ1) is 19.8. The Labute approximate surface area is 149 Å². The zero-order valence-corrected chi connectivity index (χ0v) is 15.3. The minimum absolute atomic E-state index is 0.0339. The molecule has 0 bridgehead atoms. The van der Waals surface area contributed by atoms with Crippen LogP contribution in [0.25, 0.3) is 0 Å². The van der Waals surface area contributed by atoms with Crippen molar-refractivity contribution >= 4 is 0 Å². The van der Waals surface area contributed by atoms with Crippen LogP contribution in [0.2, 0.25) is 0 Å². The Hall–Kier alpha value is -1.51. The Morgan fingerprint density at radius 2 is 1.80 bits per heavy atom. The second-order valence-electron chi connectivity index (χ2n) is 7.10. The van der Waals surface area contributed by atoms with Gasteiger partial charge in [0.1, 0.15) is 0 Å². The van der Waals surface area contributed by atoms with Gasteiger partial charge in [0.05, 0.1) is 5.56 Å². The molecule has 0 aliphatic carbocycles. The molecule has 1 fully saturated rings. The van der Waals surface area contributed by atoms with Gasteiger partial charge in [0, 0.05) is 39.1 Å². The third kappa shape index (κ3) is 4.99. The van der Waals surface area contributed by atoms with Crippen molar-refractivity contribution in [1.29, 1.82) is 0 Å². The van der Waals surface area contributed by atoms with Crippen molar-refractivity contribution in [1.82, 2.24) is 9.80 Å². The van der Waals surface area contributed by atoms with E-state index in [1.807, 2.05) is 27.0 Å². The average molecular weight is 352 g/mol. The molecular weight excluding hydrogens is 325 g/mol.